The zero-order chi connectivity index (χ0) is 17.8. The fourth-order valence-electron chi connectivity index (χ4n) is 4.30. The molecule has 0 aromatic heterocycles. The highest BCUT2D eigenvalue weighted by Crippen LogP contribution is 2.23. The third-order valence-corrected chi connectivity index (χ3v) is 5.65. The van der Waals surface area contributed by atoms with E-state index in [-0.39, 0.29) is 18.2 Å². The topological polar surface area (TPSA) is 55.8 Å². The van der Waals surface area contributed by atoms with Crippen LogP contribution in [0, 0.1) is 0 Å². The van der Waals surface area contributed by atoms with E-state index in [0.29, 0.717) is 25.2 Å². The Kier molecular flexibility index (Phi) is 5.97. The molecule has 2 aliphatic heterocycles. The van der Waals surface area contributed by atoms with Gasteiger partial charge in [-0.3, -0.25) is 4.90 Å². The van der Waals surface area contributed by atoms with Crippen molar-refractivity contribution < 1.29 is 9.90 Å². The normalized spacial score (nSPS) is 30.4. The van der Waals surface area contributed by atoms with Crippen LogP contribution >= 0.6 is 0 Å². The molecule has 0 spiro atoms. The van der Waals surface area contributed by atoms with Crippen molar-refractivity contribution >= 4 is 6.03 Å². The van der Waals surface area contributed by atoms with Crippen molar-refractivity contribution in [2.24, 2.45) is 0 Å². The highest BCUT2D eigenvalue weighted by Gasteiger charge is 2.33. The number of carbonyl (C=O) groups excluding carboxylic acids is 1. The summed E-state index contributed by atoms with van der Waals surface area (Å²) >= 11 is 0. The predicted octanol–water partition coefficient (Wildman–Crippen LogP) is 2.59. The van der Waals surface area contributed by atoms with Gasteiger partial charge in [0.25, 0.3) is 0 Å². The summed E-state index contributed by atoms with van der Waals surface area (Å²) in [5, 5.41) is 13.2. The van der Waals surface area contributed by atoms with E-state index in [9.17, 15) is 9.90 Å². The molecule has 4 unspecified atom stereocenters. The Morgan fingerprint density at radius 3 is 2.56 bits per heavy atom. The third-order valence-electron chi connectivity index (χ3n) is 5.65. The lowest BCUT2D eigenvalue weighted by atomic mass is 9.98. The number of aliphatic hydroxyl groups excluding tert-OH is 1. The van der Waals surface area contributed by atoms with Gasteiger partial charge in [-0.15, -0.1) is 0 Å². The fraction of sp³-hybridized carbons (Fsp3) is 0.650. The van der Waals surface area contributed by atoms with Crippen molar-refractivity contribution in [3.63, 3.8) is 0 Å². The van der Waals surface area contributed by atoms with Gasteiger partial charge in [0.1, 0.15) is 0 Å². The van der Waals surface area contributed by atoms with Crippen molar-refractivity contribution in [1.29, 1.82) is 0 Å². The molecule has 0 aliphatic carbocycles. The number of piperidine rings is 1. The second kappa shape index (κ2) is 8.19. The Labute approximate surface area is 151 Å². The van der Waals surface area contributed by atoms with Crippen LogP contribution in [0.2, 0.25) is 0 Å². The lowest BCUT2D eigenvalue weighted by Crippen LogP contribution is -2.53. The first-order valence-corrected chi connectivity index (χ1v) is 9.56. The van der Waals surface area contributed by atoms with E-state index < -0.39 is 0 Å². The van der Waals surface area contributed by atoms with Crippen LogP contribution in [0.4, 0.5) is 4.79 Å². The van der Waals surface area contributed by atoms with Crippen LogP contribution < -0.4 is 5.32 Å². The second-order valence-corrected chi connectivity index (χ2v) is 7.68. The monoisotopic (exact) mass is 345 g/mol. The standard InChI is InChI=1S/C20H31N3O2/c1-15-7-6-8-16(2)23(15)20(25)21-12-18-11-19(24)14-22(18)13-17-9-4-3-5-10-17/h3-5,9-10,15-16,18-19,24H,6-8,11-14H2,1-2H3,(H,21,25). The van der Waals surface area contributed by atoms with Crippen molar-refractivity contribution in [3.05, 3.63) is 35.9 Å². The number of aliphatic hydroxyl groups is 1. The largest absolute Gasteiger partial charge is 0.392 e. The SMILES string of the molecule is CC1CCCC(C)N1C(=O)NCC1CC(O)CN1Cc1ccccc1. The fourth-order valence-corrected chi connectivity index (χ4v) is 4.30. The number of nitrogens with one attached hydrogen (secondary N) is 1. The molecule has 1 aromatic carbocycles. The number of hydrogen-bond acceptors (Lipinski definition) is 3. The number of β-amino-alcohol motifs (C(OH)–C–C–N with tert-alkyl or cyclic N) is 1. The molecule has 0 bridgehead atoms. The Balaban J connectivity index is 1.56. The molecule has 2 N–H and O–H groups in total. The van der Waals surface area contributed by atoms with Gasteiger partial charge in [0.05, 0.1) is 6.10 Å². The first-order chi connectivity index (χ1) is 12.0. The molecule has 2 heterocycles. The Bertz CT molecular complexity index is 555. The molecule has 138 valence electrons. The van der Waals surface area contributed by atoms with Crippen LogP contribution in [0.1, 0.15) is 45.1 Å². The molecule has 2 fully saturated rings. The van der Waals surface area contributed by atoms with Gasteiger partial charge in [-0.05, 0) is 45.1 Å². The van der Waals surface area contributed by atoms with E-state index in [1.54, 1.807) is 0 Å². The van der Waals surface area contributed by atoms with Gasteiger partial charge < -0.3 is 15.3 Å². The predicted molar refractivity (Wildman–Crippen MR) is 99.3 cm³/mol. The summed E-state index contributed by atoms with van der Waals surface area (Å²) < 4.78 is 0. The minimum Gasteiger partial charge on any atom is -0.392 e. The van der Waals surface area contributed by atoms with Crippen LogP contribution in [0.15, 0.2) is 30.3 Å². The van der Waals surface area contributed by atoms with Crippen LogP contribution in [-0.4, -0.2) is 58.3 Å². The molecule has 0 saturated carbocycles. The average molecular weight is 345 g/mol. The molecule has 0 radical (unpaired) electrons. The number of benzene rings is 1. The molecule has 1 aromatic rings. The Morgan fingerprint density at radius 1 is 1.20 bits per heavy atom. The molecule has 25 heavy (non-hydrogen) atoms. The molecule has 2 saturated heterocycles. The molecule has 3 rings (SSSR count). The highest BCUT2D eigenvalue weighted by atomic mass is 16.3. The number of nitrogens with zero attached hydrogens (tertiary/aromatic N) is 2. The minimum absolute atomic E-state index is 0.0424. The molecule has 2 aliphatic rings. The summed E-state index contributed by atoms with van der Waals surface area (Å²) in [6, 6.07) is 11.2. The van der Waals surface area contributed by atoms with E-state index in [1.807, 2.05) is 23.1 Å². The molecular weight excluding hydrogens is 314 g/mol. The number of amides is 2. The van der Waals surface area contributed by atoms with Crippen LogP contribution in [0.5, 0.6) is 0 Å². The Hall–Kier alpha value is -1.59. The summed E-state index contributed by atoms with van der Waals surface area (Å²) in [5.41, 5.74) is 1.24. The van der Waals surface area contributed by atoms with Gasteiger partial charge in [-0.1, -0.05) is 30.3 Å². The molecule has 4 atom stereocenters. The van der Waals surface area contributed by atoms with Gasteiger partial charge in [0.2, 0.25) is 0 Å². The molecule has 5 nitrogen and oxygen atoms in total. The zero-order valence-corrected chi connectivity index (χ0v) is 15.4. The van der Waals surface area contributed by atoms with Gasteiger partial charge in [-0.2, -0.15) is 0 Å². The van der Waals surface area contributed by atoms with Crippen LogP contribution in [0.25, 0.3) is 0 Å². The van der Waals surface area contributed by atoms with E-state index in [4.69, 9.17) is 0 Å². The summed E-state index contributed by atoms with van der Waals surface area (Å²) in [7, 11) is 0. The van der Waals surface area contributed by atoms with Crippen molar-refractivity contribution in [2.75, 3.05) is 13.1 Å². The molecule has 2 amide bonds. The van der Waals surface area contributed by atoms with Gasteiger partial charge >= 0.3 is 6.03 Å². The second-order valence-electron chi connectivity index (χ2n) is 7.68. The zero-order valence-electron chi connectivity index (χ0n) is 15.4. The van der Waals surface area contributed by atoms with Crippen LogP contribution in [0.3, 0.4) is 0 Å². The van der Waals surface area contributed by atoms with Gasteiger partial charge in [-0.25, -0.2) is 4.79 Å². The lowest BCUT2D eigenvalue weighted by molar-refractivity contribution is 0.120. The van der Waals surface area contributed by atoms with E-state index in [0.717, 1.165) is 25.8 Å². The summed E-state index contributed by atoms with van der Waals surface area (Å²) in [6.07, 6.45) is 3.78. The summed E-state index contributed by atoms with van der Waals surface area (Å²) in [5.74, 6) is 0. The van der Waals surface area contributed by atoms with E-state index in [2.05, 4.69) is 36.2 Å². The third kappa shape index (κ3) is 4.53. The molecule has 5 heteroatoms. The maximum Gasteiger partial charge on any atom is 0.317 e. The van der Waals surface area contributed by atoms with Crippen LogP contribution in [-0.2, 0) is 6.54 Å². The summed E-state index contributed by atoms with van der Waals surface area (Å²) in [6.45, 7) is 6.35. The lowest BCUT2D eigenvalue weighted by Gasteiger charge is -2.39. The van der Waals surface area contributed by atoms with Gasteiger partial charge in [0.15, 0.2) is 0 Å². The quantitative estimate of drug-likeness (QED) is 0.882. The number of carbonyl (C=O) groups is 1. The van der Waals surface area contributed by atoms with Crippen molar-refractivity contribution in [1.82, 2.24) is 15.1 Å². The number of rotatable bonds is 4. The molecular formula is C20H31N3O2. The maximum absolute atomic E-state index is 12.7. The number of hydrogen-bond donors (Lipinski definition) is 2. The minimum atomic E-state index is -0.307. The smallest absolute Gasteiger partial charge is 0.317 e. The summed E-state index contributed by atoms with van der Waals surface area (Å²) in [4.78, 5) is 16.9. The Morgan fingerprint density at radius 2 is 1.88 bits per heavy atom. The first-order valence-electron chi connectivity index (χ1n) is 9.56. The first kappa shape index (κ1) is 18.2. The van der Waals surface area contributed by atoms with Gasteiger partial charge in [0, 0.05) is 37.8 Å². The van der Waals surface area contributed by atoms with E-state index >= 15 is 0 Å². The average Bonchev–Trinajstić information content (AvgIpc) is 2.93. The maximum atomic E-state index is 12.7. The highest BCUT2D eigenvalue weighted by molar-refractivity contribution is 5.75. The van der Waals surface area contributed by atoms with Crippen molar-refractivity contribution in [2.45, 2.75) is 70.3 Å². The van der Waals surface area contributed by atoms with E-state index in [1.165, 1.54) is 12.0 Å². The number of urea groups is 1. The van der Waals surface area contributed by atoms with Crippen molar-refractivity contribution in [3.8, 4) is 0 Å². The number of likely N-dealkylation sites (tertiary alicyclic amines) is 2.